The highest BCUT2D eigenvalue weighted by molar-refractivity contribution is 5.68. The summed E-state index contributed by atoms with van der Waals surface area (Å²) in [6, 6.07) is 0. The minimum atomic E-state index is -0.0720. The predicted molar refractivity (Wildman–Crippen MR) is 72.4 cm³/mol. The van der Waals surface area contributed by atoms with Crippen molar-refractivity contribution in [3.05, 3.63) is 0 Å². The lowest BCUT2D eigenvalue weighted by molar-refractivity contribution is -0.00764. The van der Waals surface area contributed by atoms with Gasteiger partial charge in [0.1, 0.15) is 6.10 Å². The lowest BCUT2D eigenvalue weighted by Gasteiger charge is -2.37. The molecule has 2 aliphatic rings. The van der Waals surface area contributed by atoms with Crippen LogP contribution in [-0.4, -0.2) is 30.2 Å². The van der Waals surface area contributed by atoms with Crippen molar-refractivity contribution in [1.82, 2.24) is 4.90 Å². The first-order valence-electron chi connectivity index (χ1n) is 7.53. The summed E-state index contributed by atoms with van der Waals surface area (Å²) in [6.07, 6.45) is 5.85. The molecule has 0 aromatic carbocycles. The van der Waals surface area contributed by atoms with Crippen LogP contribution in [0.25, 0.3) is 0 Å². The summed E-state index contributed by atoms with van der Waals surface area (Å²) in [4.78, 5) is 14.0. The molecule has 3 nitrogen and oxygen atoms in total. The van der Waals surface area contributed by atoms with E-state index in [-0.39, 0.29) is 12.2 Å². The molecule has 0 bridgehead atoms. The summed E-state index contributed by atoms with van der Waals surface area (Å²) in [5.74, 6) is 1.85. The first-order chi connectivity index (χ1) is 8.58. The molecule has 0 radical (unpaired) electrons. The number of hydrogen-bond acceptors (Lipinski definition) is 2. The molecule has 3 heteroatoms. The Hall–Kier alpha value is -0.730. The van der Waals surface area contributed by atoms with Crippen molar-refractivity contribution in [3.8, 4) is 0 Å². The first-order valence-corrected chi connectivity index (χ1v) is 7.53. The van der Waals surface area contributed by atoms with Gasteiger partial charge in [-0.15, -0.1) is 0 Å². The van der Waals surface area contributed by atoms with Crippen molar-refractivity contribution in [3.63, 3.8) is 0 Å². The maximum Gasteiger partial charge on any atom is 0.410 e. The molecular weight excluding hydrogens is 226 g/mol. The second-order valence-electron chi connectivity index (χ2n) is 6.44. The van der Waals surface area contributed by atoms with E-state index >= 15 is 0 Å². The quantitative estimate of drug-likeness (QED) is 0.751. The Morgan fingerprint density at radius 3 is 2.50 bits per heavy atom. The van der Waals surface area contributed by atoms with E-state index in [0.717, 1.165) is 32.4 Å². The van der Waals surface area contributed by atoms with Gasteiger partial charge in [0.25, 0.3) is 0 Å². The lowest BCUT2D eigenvalue weighted by Crippen LogP contribution is -2.39. The highest BCUT2D eigenvalue weighted by Gasteiger charge is 2.34. The zero-order valence-electron chi connectivity index (χ0n) is 12.0. The van der Waals surface area contributed by atoms with Gasteiger partial charge in [-0.2, -0.15) is 0 Å². The van der Waals surface area contributed by atoms with Crippen molar-refractivity contribution in [1.29, 1.82) is 0 Å². The van der Waals surface area contributed by atoms with E-state index in [1.165, 1.54) is 12.8 Å². The van der Waals surface area contributed by atoms with Gasteiger partial charge < -0.3 is 9.64 Å². The molecule has 1 aliphatic carbocycles. The number of hydrogen-bond donors (Lipinski definition) is 0. The van der Waals surface area contributed by atoms with Crippen LogP contribution in [0.15, 0.2) is 0 Å². The van der Waals surface area contributed by atoms with Crippen molar-refractivity contribution >= 4 is 6.09 Å². The van der Waals surface area contributed by atoms with E-state index < -0.39 is 0 Å². The molecular formula is C15H27NO2. The molecule has 2 rings (SSSR count). The predicted octanol–water partition coefficient (Wildman–Crippen LogP) is 3.68. The van der Waals surface area contributed by atoms with Crippen LogP contribution in [0, 0.1) is 17.8 Å². The number of rotatable bonds is 2. The minimum absolute atomic E-state index is 0.0720. The molecule has 1 amide bonds. The van der Waals surface area contributed by atoms with Gasteiger partial charge in [0, 0.05) is 13.1 Å². The average molecular weight is 253 g/mol. The number of carbonyl (C=O) groups is 1. The lowest BCUT2D eigenvalue weighted by atomic mass is 9.75. The number of amides is 1. The van der Waals surface area contributed by atoms with Crippen molar-refractivity contribution in [2.45, 2.75) is 59.0 Å². The summed E-state index contributed by atoms with van der Waals surface area (Å²) in [5, 5.41) is 0. The molecule has 0 aromatic heterocycles. The van der Waals surface area contributed by atoms with E-state index in [0.29, 0.717) is 17.8 Å². The molecule has 1 saturated carbocycles. The van der Waals surface area contributed by atoms with Crippen LogP contribution in [0.5, 0.6) is 0 Å². The summed E-state index contributed by atoms with van der Waals surface area (Å²) < 4.78 is 5.81. The van der Waals surface area contributed by atoms with Gasteiger partial charge >= 0.3 is 6.09 Å². The fraction of sp³-hybridized carbons (Fsp3) is 0.933. The summed E-state index contributed by atoms with van der Waals surface area (Å²) in [7, 11) is 0. The fourth-order valence-electron chi connectivity index (χ4n) is 3.35. The third-order valence-corrected chi connectivity index (χ3v) is 4.58. The third-order valence-electron chi connectivity index (χ3n) is 4.58. The van der Waals surface area contributed by atoms with Gasteiger partial charge in [-0.05, 0) is 43.4 Å². The Labute approximate surface area is 111 Å². The Bertz CT molecular complexity index is 284. The molecule has 104 valence electrons. The van der Waals surface area contributed by atoms with Crippen LogP contribution in [0.2, 0.25) is 0 Å². The van der Waals surface area contributed by atoms with E-state index in [1.54, 1.807) is 0 Å². The molecule has 1 saturated heterocycles. The summed E-state index contributed by atoms with van der Waals surface area (Å²) >= 11 is 0. The van der Waals surface area contributed by atoms with Gasteiger partial charge in [-0.3, -0.25) is 0 Å². The van der Waals surface area contributed by atoms with E-state index in [9.17, 15) is 4.79 Å². The SMILES string of the molecule is CC1CCC(C(C)C)C(OC(=O)N2CCCC2)C1. The summed E-state index contributed by atoms with van der Waals surface area (Å²) in [6.45, 7) is 8.53. The number of ether oxygens (including phenoxy) is 1. The van der Waals surface area contributed by atoms with E-state index in [2.05, 4.69) is 20.8 Å². The second-order valence-corrected chi connectivity index (χ2v) is 6.44. The van der Waals surface area contributed by atoms with Gasteiger partial charge in [0.05, 0.1) is 0 Å². The Morgan fingerprint density at radius 2 is 1.89 bits per heavy atom. The highest BCUT2D eigenvalue weighted by atomic mass is 16.6. The smallest absolute Gasteiger partial charge is 0.410 e. The van der Waals surface area contributed by atoms with Crippen molar-refractivity contribution in [2.24, 2.45) is 17.8 Å². The maximum atomic E-state index is 12.1. The average Bonchev–Trinajstić information content (AvgIpc) is 2.81. The fourth-order valence-corrected chi connectivity index (χ4v) is 3.35. The van der Waals surface area contributed by atoms with Crippen LogP contribution in [0.1, 0.15) is 52.9 Å². The first kappa shape index (κ1) is 13.7. The third kappa shape index (κ3) is 3.18. The molecule has 3 atom stereocenters. The Balaban J connectivity index is 1.93. The van der Waals surface area contributed by atoms with Gasteiger partial charge in [-0.1, -0.05) is 27.2 Å². The van der Waals surface area contributed by atoms with Gasteiger partial charge in [0.15, 0.2) is 0 Å². The Kier molecular flexibility index (Phi) is 4.52. The zero-order chi connectivity index (χ0) is 13.1. The molecule has 2 fully saturated rings. The van der Waals surface area contributed by atoms with Crippen molar-refractivity contribution in [2.75, 3.05) is 13.1 Å². The second kappa shape index (κ2) is 5.94. The van der Waals surface area contributed by atoms with Gasteiger partial charge in [0.2, 0.25) is 0 Å². The van der Waals surface area contributed by atoms with E-state index in [4.69, 9.17) is 4.74 Å². The van der Waals surface area contributed by atoms with Gasteiger partial charge in [-0.25, -0.2) is 4.79 Å². The maximum absolute atomic E-state index is 12.1. The number of nitrogens with zero attached hydrogens (tertiary/aromatic N) is 1. The Morgan fingerprint density at radius 1 is 1.22 bits per heavy atom. The zero-order valence-corrected chi connectivity index (χ0v) is 12.0. The molecule has 0 aromatic rings. The molecule has 3 unspecified atom stereocenters. The van der Waals surface area contributed by atoms with Crippen LogP contribution >= 0.6 is 0 Å². The largest absolute Gasteiger partial charge is 0.446 e. The molecule has 1 heterocycles. The van der Waals surface area contributed by atoms with Crippen LogP contribution in [-0.2, 0) is 4.74 Å². The highest BCUT2D eigenvalue weighted by Crippen LogP contribution is 2.35. The molecule has 0 spiro atoms. The number of likely N-dealkylation sites (tertiary alicyclic amines) is 1. The summed E-state index contributed by atoms with van der Waals surface area (Å²) in [5.41, 5.74) is 0. The van der Waals surface area contributed by atoms with Crippen LogP contribution in [0.4, 0.5) is 4.79 Å². The van der Waals surface area contributed by atoms with Crippen LogP contribution < -0.4 is 0 Å². The van der Waals surface area contributed by atoms with Crippen molar-refractivity contribution < 1.29 is 9.53 Å². The van der Waals surface area contributed by atoms with Crippen LogP contribution in [0.3, 0.4) is 0 Å². The number of carbonyl (C=O) groups excluding carboxylic acids is 1. The minimum Gasteiger partial charge on any atom is -0.446 e. The van der Waals surface area contributed by atoms with E-state index in [1.807, 2.05) is 4.90 Å². The topological polar surface area (TPSA) is 29.5 Å². The monoisotopic (exact) mass is 253 g/mol. The normalized spacial score (nSPS) is 32.9. The molecule has 18 heavy (non-hydrogen) atoms. The molecule has 1 aliphatic heterocycles. The standard InChI is InChI=1S/C15H27NO2/c1-11(2)13-7-6-12(3)10-14(13)18-15(17)16-8-4-5-9-16/h11-14H,4-10H2,1-3H3. The molecule has 0 N–H and O–H groups in total.